The lowest BCUT2D eigenvalue weighted by Gasteiger charge is -2.31. The summed E-state index contributed by atoms with van der Waals surface area (Å²) in [5.41, 5.74) is 4.54. The molecule has 1 nitrogen and oxygen atoms in total. The van der Waals surface area contributed by atoms with Crippen LogP contribution in [-0.2, 0) is 6.54 Å². The van der Waals surface area contributed by atoms with E-state index in [2.05, 4.69) is 50.8 Å². The van der Waals surface area contributed by atoms with Crippen LogP contribution in [0.4, 0.5) is 0 Å². The minimum Gasteiger partial charge on any atom is -0.299 e. The van der Waals surface area contributed by atoms with E-state index in [1.807, 2.05) is 0 Å². The van der Waals surface area contributed by atoms with Gasteiger partial charge in [-0.1, -0.05) is 39.0 Å². The molecule has 1 aromatic carbocycles. The highest BCUT2D eigenvalue weighted by Gasteiger charge is 2.17. The molecule has 0 amide bonds. The monoisotopic (exact) mass is 245 g/mol. The van der Waals surface area contributed by atoms with Gasteiger partial charge in [-0.25, -0.2) is 0 Å². The maximum atomic E-state index is 2.62. The van der Waals surface area contributed by atoms with Gasteiger partial charge < -0.3 is 0 Å². The molecule has 0 saturated carbocycles. The average molecular weight is 245 g/mol. The number of hydrogen-bond acceptors (Lipinski definition) is 1. The molecule has 0 bridgehead atoms. The van der Waals surface area contributed by atoms with Gasteiger partial charge in [-0.3, -0.25) is 4.90 Å². The molecule has 1 aliphatic heterocycles. The lowest BCUT2D eigenvalue weighted by Crippen LogP contribution is -2.32. The van der Waals surface area contributed by atoms with Crippen LogP contribution >= 0.6 is 0 Å². The van der Waals surface area contributed by atoms with Crippen molar-refractivity contribution in [3.8, 4) is 0 Å². The van der Waals surface area contributed by atoms with Crippen molar-refractivity contribution in [3.63, 3.8) is 0 Å². The second-order valence-corrected chi connectivity index (χ2v) is 6.24. The Kier molecular flexibility index (Phi) is 4.45. The first-order valence-electron chi connectivity index (χ1n) is 7.38. The third kappa shape index (κ3) is 3.14. The summed E-state index contributed by atoms with van der Waals surface area (Å²) in [6.07, 6.45) is 2.73. The number of rotatable bonds is 3. The fourth-order valence-electron chi connectivity index (χ4n) is 2.96. The third-order valence-electron chi connectivity index (χ3n) is 4.38. The zero-order valence-corrected chi connectivity index (χ0v) is 12.4. The fraction of sp³-hybridized carbons (Fsp3) is 0.647. The number of likely N-dealkylation sites (tertiary alicyclic amines) is 1. The first-order valence-corrected chi connectivity index (χ1v) is 7.38. The summed E-state index contributed by atoms with van der Waals surface area (Å²) in [5, 5.41) is 0. The quantitative estimate of drug-likeness (QED) is 0.765. The van der Waals surface area contributed by atoms with Crippen LogP contribution in [-0.4, -0.2) is 18.0 Å². The standard InChI is InChI=1S/C17H27N/c1-13(2)17-7-5-6-16(15(17)4)12-18-10-8-14(3)9-11-18/h5-7,13-14H,8-12H2,1-4H3. The Morgan fingerprint density at radius 1 is 1.22 bits per heavy atom. The molecule has 0 aliphatic carbocycles. The summed E-state index contributed by atoms with van der Waals surface area (Å²) in [6, 6.07) is 6.81. The average Bonchev–Trinajstić information content (AvgIpc) is 2.34. The van der Waals surface area contributed by atoms with Crippen LogP contribution in [0.3, 0.4) is 0 Å². The highest BCUT2D eigenvalue weighted by molar-refractivity contribution is 5.36. The van der Waals surface area contributed by atoms with E-state index < -0.39 is 0 Å². The van der Waals surface area contributed by atoms with Crippen molar-refractivity contribution < 1.29 is 0 Å². The summed E-state index contributed by atoms with van der Waals surface area (Å²) in [5.74, 6) is 1.55. The Hall–Kier alpha value is -0.820. The Balaban J connectivity index is 2.07. The van der Waals surface area contributed by atoms with E-state index in [1.54, 1.807) is 0 Å². The summed E-state index contributed by atoms with van der Waals surface area (Å²) in [6.45, 7) is 12.9. The molecule has 1 saturated heterocycles. The lowest BCUT2D eigenvalue weighted by atomic mass is 9.93. The SMILES string of the molecule is Cc1c(CN2CCC(C)CC2)cccc1C(C)C. The zero-order valence-electron chi connectivity index (χ0n) is 12.4. The van der Waals surface area contributed by atoms with Gasteiger partial charge in [0, 0.05) is 6.54 Å². The van der Waals surface area contributed by atoms with E-state index >= 15 is 0 Å². The molecule has 1 aliphatic rings. The first-order chi connectivity index (χ1) is 8.58. The molecule has 0 unspecified atom stereocenters. The molecule has 1 heterocycles. The minimum atomic E-state index is 0.631. The van der Waals surface area contributed by atoms with Crippen LogP contribution < -0.4 is 0 Å². The maximum absolute atomic E-state index is 2.62. The third-order valence-corrected chi connectivity index (χ3v) is 4.38. The van der Waals surface area contributed by atoms with E-state index in [0.29, 0.717) is 5.92 Å². The molecular weight excluding hydrogens is 218 g/mol. The van der Waals surface area contributed by atoms with E-state index in [0.717, 1.165) is 12.5 Å². The molecule has 0 atom stereocenters. The highest BCUT2D eigenvalue weighted by Crippen LogP contribution is 2.24. The number of hydrogen-bond donors (Lipinski definition) is 0. The number of piperidine rings is 1. The van der Waals surface area contributed by atoms with Gasteiger partial charge >= 0.3 is 0 Å². The predicted octanol–water partition coefficient (Wildman–Crippen LogP) is 4.35. The van der Waals surface area contributed by atoms with E-state index in [-0.39, 0.29) is 0 Å². The predicted molar refractivity (Wildman–Crippen MR) is 78.9 cm³/mol. The summed E-state index contributed by atoms with van der Waals surface area (Å²) < 4.78 is 0. The Morgan fingerprint density at radius 3 is 2.50 bits per heavy atom. The fourth-order valence-corrected chi connectivity index (χ4v) is 2.96. The van der Waals surface area contributed by atoms with Gasteiger partial charge in [0.25, 0.3) is 0 Å². The Bertz CT molecular complexity index is 387. The Labute approximate surface area is 112 Å². The Morgan fingerprint density at radius 2 is 1.89 bits per heavy atom. The largest absolute Gasteiger partial charge is 0.299 e. The van der Waals surface area contributed by atoms with Crippen molar-refractivity contribution in [2.45, 2.75) is 53.0 Å². The van der Waals surface area contributed by atoms with Crippen molar-refractivity contribution in [3.05, 3.63) is 34.9 Å². The molecule has 0 N–H and O–H groups in total. The molecule has 1 fully saturated rings. The van der Waals surface area contributed by atoms with Gasteiger partial charge in [-0.15, -0.1) is 0 Å². The van der Waals surface area contributed by atoms with E-state index in [1.165, 1.54) is 42.6 Å². The van der Waals surface area contributed by atoms with Gasteiger partial charge in [-0.05, 0) is 61.4 Å². The van der Waals surface area contributed by atoms with E-state index in [9.17, 15) is 0 Å². The minimum absolute atomic E-state index is 0.631. The number of nitrogens with zero attached hydrogens (tertiary/aromatic N) is 1. The lowest BCUT2D eigenvalue weighted by molar-refractivity contribution is 0.185. The smallest absolute Gasteiger partial charge is 0.0236 e. The normalized spacial score (nSPS) is 18.5. The second-order valence-electron chi connectivity index (χ2n) is 6.24. The molecule has 18 heavy (non-hydrogen) atoms. The van der Waals surface area contributed by atoms with Crippen LogP contribution in [0.25, 0.3) is 0 Å². The van der Waals surface area contributed by atoms with Crippen molar-refractivity contribution in [1.29, 1.82) is 0 Å². The molecule has 2 rings (SSSR count). The van der Waals surface area contributed by atoms with Crippen molar-refractivity contribution >= 4 is 0 Å². The van der Waals surface area contributed by atoms with Gasteiger partial charge in [0.1, 0.15) is 0 Å². The van der Waals surface area contributed by atoms with Crippen LogP contribution in [0.5, 0.6) is 0 Å². The highest BCUT2D eigenvalue weighted by atomic mass is 15.1. The topological polar surface area (TPSA) is 3.24 Å². The van der Waals surface area contributed by atoms with Gasteiger partial charge in [0.05, 0.1) is 0 Å². The maximum Gasteiger partial charge on any atom is 0.0236 e. The van der Waals surface area contributed by atoms with Crippen LogP contribution in [0.1, 0.15) is 56.2 Å². The van der Waals surface area contributed by atoms with Gasteiger partial charge in [0.15, 0.2) is 0 Å². The zero-order chi connectivity index (χ0) is 13.1. The second kappa shape index (κ2) is 5.88. The van der Waals surface area contributed by atoms with Gasteiger partial charge in [-0.2, -0.15) is 0 Å². The summed E-state index contributed by atoms with van der Waals surface area (Å²) in [7, 11) is 0. The molecular formula is C17H27N. The van der Waals surface area contributed by atoms with Crippen LogP contribution in [0.15, 0.2) is 18.2 Å². The molecule has 0 radical (unpaired) electrons. The molecule has 1 heteroatoms. The molecule has 100 valence electrons. The van der Waals surface area contributed by atoms with Crippen molar-refractivity contribution in [2.75, 3.05) is 13.1 Å². The number of benzene rings is 1. The van der Waals surface area contributed by atoms with E-state index in [4.69, 9.17) is 0 Å². The van der Waals surface area contributed by atoms with Crippen molar-refractivity contribution in [2.24, 2.45) is 5.92 Å². The van der Waals surface area contributed by atoms with Crippen LogP contribution in [0, 0.1) is 12.8 Å². The molecule has 0 spiro atoms. The molecule has 0 aromatic heterocycles. The summed E-state index contributed by atoms with van der Waals surface area (Å²) >= 11 is 0. The van der Waals surface area contributed by atoms with Crippen LogP contribution in [0.2, 0.25) is 0 Å². The van der Waals surface area contributed by atoms with Gasteiger partial charge in [0.2, 0.25) is 0 Å². The molecule has 1 aromatic rings. The first kappa shape index (κ1) is 13.6. The van der Waals surface area contributed by atoms with Crippen molar-refractivity contribution in [1.82, 2.24) is 4.90 Å². The summed E-state index contributed by atoms with van der Waals surface area (Å²) in [4.78, 5) is 2.62.